The number of rotatable bonds is 4. The van der Waals surface area contributed by atoms with Crippen LogP contribution in [0.4, 0.5) is 0 Å². The second kappa shape index (κ2) is 7.20. The van der Waals surface area contributed by atoms with Gasteiger partial charge in [-0.1, -0.05) is 39.1 Å². The molecule has 0 aromatic heterocycles. The Bertz CT molecular complexity index is 566. The van der Waals surface area contributed by atoms with E-state index in [2.05, 4.69) is 20.7 Å². The molecule has 0 aliphatic carbocycles. The summed E-state index contributed by atoms with van der Waals surface area (Å²) in [5.74, 6) is 2.57. The van der Waals surface area contributed by atoms with E-state index in [0.717, 1.165) is 24.3 Å². The molecular formula is C12H14BrCl2NO2S2. The van der Waals surface area contributed by atoms with Crippen molar-refractivity contribution in [3.63, 3.8) is 0 Å². The molecule has 1 saturated heterocycles. The first-order valence-corrected chi connectivity index (χ1v) is 10.3. The SMILES string of the molecule is O=S(=O)(NCC1CCSCC1)c1c(Cl)cc(Br)cc1Cl. The lowest BCUT2D eigenvalue weighted by molar-refractivity contribution is 0.476. The molecule has 3 nitrogen and oxygen atoms in total. The predicted molar refractivity (Wildman–Crippen MR) is 89.4 cm³/mol. The zero-order chi connectivity index (χ0) is 14.8. The van der Waals surface area contributed by atoms with Gasteiger partial charge >= 0.3 is 0 Å². The van der Waals surface area contributed by atoms with Crippen molar-refractivity contribution in [3.05, 3.63) is 26.7 Å². The summed E-state index contributed by atoms with van der Waals surface area (Å²) >= 11 is 17.1. The van der Waals surface area contributed by atoms with Gasteiger partial charge in [-0.2, -0.15) is 11.8 Å². The van der Waals surface area contributed by atoms with Crippen molar-refractivity contribution in [2.45, 2.75) is 17.7 Å². The molecule has 1 aliphatic heterocycles. The van der Waals surface area contributed by atoms with Crippen LogP contribution in [0.1, 0.15) is 12.8 Å². The van der Waals surface area contributed by atoms with Gasteiger partial charge in [0.15, 0.2) is 0 Å². The fourth-order valence-electron chi connectivity index (χ4n) is 2.04. The van der Waals surface area contributed by atoms with Gasteiger partial charge in [0.2, 0.25) is 10.0 Å². The maximum absolute atomic E-state index is 12.3. The molecular weight excluding hydrogens is 405 g/mol. The van der Waals surface area contributed by atoms with Crippen molar-refractivity contribution >= 4 is 60.9 Å². The first-order valence-electron chi connectivity index (χ1n) is 6.12. The van der Waals surface area contributed by atoms with Crippen molar-refractivity contribution in [3.8, 4) is 0 Å². The molecule has 1 fully saturated rings. The second-order valence-corrected chi connectivity index (χ2v) is 9.26. The summed E-state index contributed by atoms with van der Waals surface area (Å²) < 4.78 is 27.9. The van der Waals surface area contributed by atoms with Crippen LogP contribution in [-0.4, -0.2) is 26.5 Å². The summed E-state index contributed by atoms with van der Waals surface area (Å²) in [6.45, 7) is 0.436. The monoisotopic (exact) mass is 417 g/mol. The lowest BCUT2D eigenvalue weighted by Gasteiger charge is -2.21. The van der Waals surface area contributed by atoms with Crippen LogP contribution in [0, 0.1) is 5.92 Å². The van der Waals surface area contributed by atoms with Gasteiger partial charge in [0.1, 0.15) is 4.90 Å². The first-order chi connectivity index (χ1) is 9.40. The Morgan fingerprint density at radius 2 is 1.80 bits per heavy atom. The number of hydrogen-bond acceptors (Lipinski definition) is 3. The molecule has 1 aromatic rings. The third-order valence-corrected chi connectivity index (χ3v) is 6.99. The molecule has 20 heavy (non-hydrogen) atoms. The van der Waals surface area contributed by atoms with Gasteiger partial charge in [-0.3, -0.25) is 0 Å². The second-order valence-electron chi connectivity index (χ2n) is 4.61. The van der Waals surface area contributed by atoms with E-state index in [0.29, 0.717) is 16.9 Å². The van der Waals surface area contributed by atoms with E-state index in [4.69, 9.17) is 23.2 Å². The van der Waals surface area contributed by atoms with Gasteiger partial charge in [-0.05, 0) is 42.4 Å². The summed E-state index contributed by atoms with van der Waals surface area (Å²) in [4.78, 5) is -0.0470. The highest BCUT2D eigenvalue weighted by Gasteiger charge is 2.24. The Hall–Kier alpha value is 0.540. The van der Waals surface area contributed by atoms with Crippen molar-refractivity contribution < 1.29 is 8.42 Å². The van der Waals surface area contributed by atoms with Crippen LogP contribution in [0.2, 0.25) is 10.0 Å². The highest BCUT2D eigenvalue weighted by Crippen LogP contribution is 2.33. The van der Waals surface area contributed by atoms with E-state index in [1.807, 2.05) is 11.8 Å². The molecule has 2 rings (SSSR count). The average Bonchev–Trinajstić information content (AvgIpc) is 2.36. The summed E-state index contributed by atoms with van der Waals surface area (Å²) in [5, 5.41) is 0.243. The standard InChI is InChI=1S/C12H14BrCl2NO2S2/c13-9-5-10(14)12(11(15)6-9)20(17,18)16-7-8-1-3-19-4-2-8/h5-6,8,16H,1-4,7H2. The molecule has 112 valence electrons. The van der Waals surface area contributed by atoms with Gasteiger partial charge in [0.05, 0.1) is 10.0 Å². The molecule has 0 radical (unpaired) electrons. The quantitative estimate of drug-likeness (QED) is 0.797. The topological polar surface area (TPSA) is 46.2 Å². The van der Waals surface area contributed by atoms with Crippen LogP contribution < -0.4 is 4.72 Å². The molecule has 0 amide bonds. The van der Waals surface area contributed by atoms with Crippen LogP contribution in [0.3, 0.4) is 0 Å². The normalized spacial score (nSPS) is 17.4. The Balaban J connectivity index is 2.14. The smallest absolute Gasteiger partial charge is 0.211 e. The minimum atomic E-state index is -3.68. The highest BCUT2D eigenvalue weighted by molar-refractivity contribution is 9.10. The number of nitrogens with one attached hydrogen (secondary N) is 1. The molecule has 8 heteroatoms. The van der Waals surface area contributed by atoms with Crippen molar-refractivity contribution in [1.82, 2.24) is 4.72 Å². The van der Waals surface area contributed by atoms with Gasteiger partial charge in [0.25, 0.3) is 0 Å². The summed E-state index contributed by atoms with van der Waals surface area (Å²) in [7, 11) is -3.68. The molecule has 1 heterocycles. The summed E-state index contributed by atoms with van der Waals surface area (Å²) in [6, 6.07) is 3.05. The molecule has 1 aliphatic rings. The summed E-state index contributed by atoms with van der Waals surface area (Å²) in [5.41, 5.74) is 0. The third-order valence-electron chi connectivity index (χ3n) is 3.13. The minimum Gasteiger partial charge on any atom is -0.211 e. The summed E-state index contributed by atoms with van der Waals surface area (Å²) in [6.07, 6.45) is 2.07. The third kappa shape index (κ3) is 4.27. The van der Waals surface area contributed by atoms with Crippen LogP contribution in [0.5, 0.6) is 0 Å². The Labute approximate surface area is 142 Å². The Kier molecular flexibility index (Phi) is 6.09. The van der Waals surface area contributed by atoms with Crippen LogP contribution in [0.25, 0.3) is 0 Å². The lowest BCUT2D eigenvalue weighted by Crippen LogP contribution is -2.31. The zero-order valence-corrected chi connectivity index (χ0v) is 15.3. The number of thioether (sulfide) groups is 1. The van der Waals surface area contributed by atoms with Crippen molar-refractivity contribution in [2.75, 3.05) is 18.1 Å². The number of sulfonamides is 1. The molecule has 0 saturated carbocycles. The Morgan fingerprint density at radius 1 is 1.25 bits per heavy atom. The fourth-order valence-corrected chi connectivity index (χ4v) is 6.29. The van der Waals surface area contributed by atoms with Crippen LogP contribution in [0.15, 0.2) is 21.5 Å². The van der Waals surface area contributed by atoms with Crippen molar-refractivity contribution in [2.24, 2.45) is 5.92 Å². The molecule has 1 N–H and O–H groups in total. The maximum atomic E-state index is 12.3. The first kappa shape index (κ1) is 16.9. The largest absolute Gasteiger partial charge is 0.243 e. The van der Waals surface area contributed by atoms with E-state index >= 15 is 0 Å². The van der Waals surface area contributed by atoms with Crippen LogP contribution in [-0.2, 0) is 10.0 Å². The molecule has 0 atom stereocenters. The van der Waals surface area contributed by atoms with E-state index in [-0.39, 0.29) is 14.9 Å². The average molecular weight is 419 g/mol. The highest BCUT2D eigenvalue weighted by atomic mass is 79.9. The molecule has 1 aromatic carbocycles. The number of halogens is 3. The molecule has 0 spiro atoms. The predicted octanol–water partition coefficient (Wildman–Crippen LogP) is 4.18. The number of benzene rings is 1. The lowest BCUT2D eigenvalue weighted by atomic mass is 10.0. The minimum absolute atomic E-state index is 0.0470. The van der Waals surface area contributed by atoms with Gasteiger partial charge in [-0.25, -0.2) is 13.1 Å². The zero-order valence-electron chi connectivity index (χ0n) is 10.5. The molecule has 0 unspecified atom stereocenters. The molecule has 0 bridgehead atoms. The maximum Gasteiger partial charge on any atom is 0.243 e. The van der Waals surface area contributed by atoms with Crippen molar-refractivity contribution in [1.29, 1.82) is 0 Å². The van der Waals surface area contributed by atoms with E-state index < -0.39 is 10.0 Å². The van der Waals surface area contributed by atoms with E-state index in [1.54, 1.807) is 0 Å². The van der Waals surface area contributed by atoms with E-state index in [9.17, 15) is 8.42 Å². The number of hydrogen-bond donors (Lipinski definition) is 1. The van der Waals surface area contributed by atoms with Gasteiger partial charge in [-0.15, -0.1) is 0 Å². The van der Waals surface area contributed by atoms with E-state index in [1.165, 1.54) is 12.1 Å². The van der Waals surface area contributed by atoms with Crippen LogP contribution >= 0.6 is 50.9 Å². The fraction of sp³-hybridized carbons (Fsp3) is 0.500. The van der Waals surface area contributed by atoms with Gasteiger partial charge < -0.3 is 0 Å². The van der Waals surface area contributed by atoms with Gasteiger partial charge in [0, 0.05) is 11.0 Å². The Morgan fingerprint density at radius 3 is 2.35 bits per heavy atom.